The molecule has 2 aromatic rings. The highest BCUT2D eigenvalue weighted by atomic mass is 35.5. The molecule has 4 heteroatoms. The summed E-state index contributed by atoms with van der Waals surface area (Å²) in [6.45, 7) is 1.94. The summed E-state index contributed by atoms with van der Waals surface area (Å²) < 4.78 is 0. The van der Waals surface area contributed by atoms with Crippen LogP contribution in [-0.4, -0.2) is 10.1 Å². The lowest BCUT2D eigenvalue weighted by Gasteiger charge is -2.08. The topological polar surface area (TPSA) is 33.1 Å². The number of rotatable bonds is 1. The molecule has 1 aromatic heterocycles. The van der Waals surface area contributed by atoms with Crippen molar-refractivity contribution < 1.29 is 5.11 Å². The number of benzene rings is 1. The highest BCUT2D eigenvalue weighted by Crippen LogP contribution is 2.36. The number of pyridine rings is 1. The van der Waals surface area contributed by atoms with Gasteiger partial charge in [-0.05, 0) is 30.2 Å². The molecule has 1 heterocycles. The van der Waals surface area contributed by atoms with Crippen LogP contribution in [0.5, 0.6) is 5.75 Å². The number of aryl methyl sites for hydroxylation is 1. The van der Waals surface area contributed by atoms with Crippen LogP contribution in [0, 0.1) is 6.92 Å². The van der Waals surface area contributed by atoms with Crippen molar-refractivity contribution in [2.24, 2.45) is 0 Å². The molecular formula is C12H9Cl2NO. The van der Waals surface area contributed by atoms with E-state index in [9.17, 15) is 5.11 Å². The molecule has 0 amide bonds. The normalized spacial score (nSPS) is 10.4. The Balaban J connectivity index is 2.65. The largest absolute Gasteiger partial charge is 0.506 e. The van der Waals surface area contributed by atoms with Crippen molar-refractivity contribution in [1.82, 2.24) is 4.98 Å². The van der Waals surface area contributed by atoms with E-state index in [-0.39, 0.29) is 10.8 Å². The summed E-state index contributed by atoms with van der Waals surface area (Å²) in [5, 5.41) is 10.2. The quantitative estimate of drug-likeness (QED) is 0.832. The average Bonchev–Trinajstić information content (AvgIpc) is 2.25. The number of hydrogen-bond donors (Lipinski definition) is 1. The van der Waals surface area contributed by atoms with Gasteiger partial charge in [-0.2, -0.15) is 0 Å². The van der Waals surface area contributed by atoms with Crippen molar-refractivity contribution in [1.29, 1.82) is 0 Å². The van der Waals surface area contributed by atoms with E-state index in [4.69, 9.17) is 23.2 Å². The minimum Gasteiger partial charge on any atom is -0.506 e. The van der Waals surface area contributed by atoms with E-state index in [0.29, 0.717) is 5.02 Å². The molecule has 2 rings (SSSR count). The molecule has 2 nitrogen and oxygen atoms in total. The first-order valence-corrected chi connectivity index (χ1v) is 5.44. The molecule has 0 atom stereocenters. The summed E-state index contributed by atoms with van der Waals surface area (Å²) in [7, 11) is 0. The van der Waals surface area contributed by atoms with Crippen LogP contribution in [0.2, 0.25) is 10.0 Å². The van der Waals surface area contributed by atoms with Crippen molar-refractivity contribution >= 4 is 23.2 Å². The van der Waals surface area contributed by atoms with Gasteiger partial charge in [-0.15, -0.1) is 0 Å². The summed E-state index contributed by atoms with van der Waals surface area (Å²) >= 11 is 11.9. The fraction of sp³-hybridized carbons (Fsp3) is 0.0833. The second kappa shape index (κ2) is 4.32. The van der Waals surface area contributed by atoms with E-state index in [1.54, 1.807) is 18.5 Å². The Kier molecular flexibility index (Phi) is 3.03. The molecule has 0 fully saturated rings. The molecule has 0 radical (unpaired) electrons. The van der Waals surface area contributed by atoms with Gasteiger partial charge in [0.15, 0.2) is 0 Å². The zero-order chi connectivity index (χ0) is 11.7. The molecule has 0 aliphatic carbocycles. The standard InChI is InChI=1S/C12H9Cl2NO/c1-7-6-15-3-2-8(7)9-4-11(14)12(16)5-10(9)13/h2-6,16H,1H3. The minimum atomic E-state index is -0.0119. The second-order valence-electron chi connectivity index (χ2n) is 3.47. The molecule has 0 spiro atoms. The summed E-state index contributed by atoms with van der Waals surface area (Å²) in [5.74, 6) is -0.0119. The van der Waals surface area contributed by atoms with Crippen molar-refractivity contribution in [2.45, 2.75) is 6.92 Å². The van der Waals surface area contributed by atoms with E-state index in [0.717, 1.165) is 16.7 Å². The van der Waals surface area contributed by atoms with Gasteiger partial charge in [0, 0.05) is 24.0 Å². The predicted octanol–water partition coefficient (Wildman–Crippen LogP) is 4.07. The summed E-state index contributed by atoms with van der Waals surface area (Å²) in [6.07, 6.45) is 3.45. The van der Waals surface area contributed by atoms with Crippen molar-refractivity contribution in [2.75, 3.05) is 0 Å². The van der Waals surface area contributed by atoms with Crippen LogP contribution in [-0.2, 0) is 0 Å². The van der Waals surface area contributed by atoms with Crippen LogP contribution < -0.4 is 0 Å². The smallest absolute Gasteiger partial charge is 0.135 e. The van der Waals surface area contributed by atoms with Gasteiger partial charge in [-0.1, -0.05) is 23.2 Å². The van der Waals surface area contributed by atoms with Crippen molar-refractivity contribution in [3.8, 4) is 16.9 Å². The first-order chi connectivity index (χ1) is 7.59. The number of phenols is 1. The Labute approximate surface area is 103 Å². The number of hydrogen-bond acceptors (Lipinski definition) is 2. The molecule has 0 saturated heterocycles. The molecule has 0 aliphatic heterocycles. The first-order valence-electron chi connectivity index (χ1n) is 4.68. The maximum atomic E-state index is 9.41. The Hall–Kier alpha value is -1.25. The molecular weight excluding hydrogens is 245 g/mol. The van der Waals surface area contributed by atoms with E-state index in [1.165, 1.54) is 6.07 Å². The first kappa shape index (κ1) is 11.2. The van der Waals surface area contributed by atoms with Gasteiger partial charge in [0.1, 0.15) is 5.75 Å². The predicted molar refractivity (Wildman–Crippen MR) is 66.1 cm³/mol. The monoisotopic (exact) mass is 253 g/mol. The SMILES string of the molecule is Cc1cnccc1-c1cc(Cl)c(O)cc1Cl. The van der Waals surface area contributed by atoms with Crippen molar-refractivity contribution in [3.05, 3.63) is 46.2 Å². The van der Waals surface area contributed by atoms with Gasteiger partial charge < -0.3 is 5.11 Å². The van der Waals surface area contributed by atoms with Gasteiger partial charge in [0.25, 0.3) is 0 Å². The fourth-order valence-electron chi connectivity index (χ4n) is 1.52. The molecule has 16 heavy (non-hydrogen) atoms. The maximum absolute atomic E-state index is 9.41. The third-order valence-corrected chi connectivity index (χ3v) is 2.96. The number of phenolic OH excluding ortho intramolecular Hbond substituents is 1. The summed E-state index contributed by atoms with van der Waals surface area (Å²) in [4.78, 5) is 4.01. The molecule has 0 unspecified atom stereocenters. The zero-order valence-electron chi connectivity index (χ0n) is 8.54. The van der Waals surface area contributed by atoms with Gasteiger partial charge in [0.05, 0.1) is 10.0 Å². The third-order valence-electron chi connectivity index (χ3n) is 2.35. The van der Waals surface area contributed by atoms with Crippen LogP contribution >= 0.6 is 23.2 Å². The third kappa shape index (κ3) is 1.99. The lowest BCUT2D eigenvalue weighted by molar-refractivity contribution is 0.475. The van der Waals surface area contributed by atoms with Gasteiger partial charge in [-0.3, -0.25) is 4.98 Å². The van der Waals surface area contributed by atoms with Crippen LogP contribution in [0.3, 0.4) is 0 Å². The molecule has 1 N–H and O–H groups in total. The Bertz CT molecular complexity index is 541. The lowest BCUT2D eigenvalue weighted by atomic mass is 10.0. The molecule has 0 saturated carbocycles. The minimum absolute atomic E-state index is 0.0119. The van der Waals surface area contributed by atoms with E-state index < -0.39 is 0 Å². The van der Waals surface area contributed by atoms with Crippen LogP contribution in [0.1, 0.15) is 5.56 Å². The Morgan fingerprint density at radius 2 is 1.88 bits per heavy atom. The van der Waals surface area contributed by atoms with Crippen molar-refractivity contribution in [3.63, 3.8) is 0 Å². The summed E-state index contributed by atoms with van der Waals surface area (Å²) in [5.41, 5.74) is 2.76. The number of halogens is 2. The number of aromatic hydroxyl groups is 1. The fourth-order valence-corrected chi connectivity index (χ4v) is 1.94. The molecule has 1 aromatic carbocycles. The van der Waals surface area contributed by atoms with Gasteiger partial charge in [0.2, 0.25) is 0 Å². The summed E-state index contributed by atoms with van der Waals surface area (Å²) in [6, 6.07) is 4.96. The van der Waals surface area contributed by atoms with Crippen LogP contribution in [0.15, 0.2) is 30.6 Å². The highest BCUT2D eigenvalue weighted by molar-refractivity contribution is 6.36. The van der Waals surface area contributed by atoms with E-state index >= 15 is 0 Å². The molecule has 0 bridgehead atoms. The van der Waals surface area contributed by atoms with Gasteiger partial charge in [-0.25, -0.2) is 0 Å². The maximum Gasteiger partial charge on any atom is 0.135 e. The highest BCUT2D eigenvalue weighted by Gasteiger charge is 2.10. The Morgan fingerprint density at radius 1 is 1.12 bits per heavy atom. The van der Waals surface area contributed by atoms with E-state index in [2.05, 4.69) is 4.98 Å². The average molecular weight is 254 g/mol. The number of nitrogens with zero attached hydrogens (tertiary/aromatic N) is 1. The van der Waals surface area contributed by atoms with Gasteiger partial charge >= 0.3 is 0 Å². The lowest BCUT2D eigenvalue weighted by Crippen LogP contribution is -1.86. The second-order valence-corrected chi connectivity index (χ2v) is 4.29. The molecule has 0 aliphatic rings. The Morgan fingerprint density at radius 3 is 2.56 bits per heavy atom. The van der Waals surface area contributed by atoms with Crippen LogP contribution in [0.4, 0.5) is 0 Å². The van der Waals surface area contributed by atoms with E-state index in [1.807, 2.05) is 13.0 Å². The zero-order valence-corrected chi connectivity index (χ0v) is 10.0. The molecule has 82 valence electrons. The van der Waals surface area contributed by atoms with Crippen LogP contribution in [0.25, 0.3) is 11.1 Å². The number of aromatic nitrogens is 1.